The van der Waals surface area contributed by atoms with Gasteiger partial charge in [0, 0.05) is 0 Å². The minimum absolute atomic E-state index is 0.481. The lowest BCUT2D eigenvalue weighted by atomic mass is 10.3. The fourth-order valence-electron chi connectivity index (χ4n) is 0.958. The molecule has 0 aliphatic carbocycles. The summed E-state index contributed by atoms with van der Waals surface area (Å²) in [4.78, 5) is 24.6. The van der Waals surface area contributed by atoms with E-state index in [1.54, 1.807) is 0 Å². The molecule has 5 heteroatoms. The van der Waals surface area contributed by atoms with Gasteiger partial charge in [0.1, 0.15) is 17.5 Å². The number of nitrogens with zero attached hydrogens (tertiary/aromatic N) is 3. The molecule has 2 heterocycles. The summed E-state index contributed by atoms with van der Waals surface area (Å²) in [5.41, 5.74) is 1.68. The normalized spacial score (nSPS) is 9.23. The first-order chi connectivity index (χ1) is 6.42. The van der Waals surface area contributed by atoms with E-state index in [1.807, 2.05) is 0 Å². The maximum absolute atomic E-state index is 10.0. The van der Waals surface area contributed by atoms with E-state index >= 15 is 0 Å². The highest BCUT2D eigenvalue weighted by Gasteiger charge is 2.01. The Morgan fingerprint density at radius 1 is 1.38 bits per heavy atom. The molecule has 0 unspecified atom stereocenters. The van der Waals surface area contributed by atoms with Crippen molar-refractivity contribution in [2.24, 2.45) is 0 Å². The number of imidazole rings is 1. The number of carbonyl (C=O) groups is 1. The summed E-state index contributed by atoms with van der Waals surface area (Å²) in [6.07, 6.45) is 3.38. The molecule has 2 aromatic rings. The van der Waals surface area contributed by atoms with Crippen molar-refractivity contribution in [3.8, 4) is 11.8 Å². The van der Waals surface area contributed by atoms with Gasteiger partial charge < -0.3 is 4.98 Å². The third-order valence-electron chi connectivity index (χ3n) is 1.47. The minimum Gasteiger partial charge on any atom is -0.341 e. The molecule has 0 bridgehead atoms. The summed E-state index contributed by atoms with van der Waals surface area (Å²) in [5.74, 6) is 4.86. The molecule has 0 aliphatic heterocycles. The second-order valence-electron chi connectivity index (χ2n) is 2.21. The molecule has 0 aromatic carbocycles. The Balaban J connectivity index is 2.67. The number of H-pyrrole nitrogens is 1. The molecule has 2 aromatic heterocycles. The Morgan fingerprint density at radius 3 is 3.15 bits per heavy atom. The van der Waals surface area contributed by atoms with Gasteiger partial charge in [-0.15, -0.1) is 0 Å². The van der Waals surface area contributed by atoms with Crippen LogP contribution in [0.4, 0.5) is 0 Å². The predicted octanol–water partition coefficient (Wildman–Crippen LogP) is -0.0967. The van der Waals surface area contributed by atoms with Gasteiger partial charge in [0.2, 0.25) is 0 Å². The molecule has 0 atom stereocenters. The van der Waals surface area contributed by atoms with Crippen molar-refractivity contribution in [1.29, 1.82) is 0 Å². The topological polar surface area (TPSA) is 71.5 Å². The molecule has 1 N–H and O–H groups in total. The Morgan fingerprint density at radius 2 is 2.31 bits per heavy atom. The molecule has 13 heavy (non-hydrogen) atoms. The Labute approximate surface area is 73.2 Å². The summed E-state index contributed by atoms with van der Waals surface area (Å²) < 4.78 is 0. The first-order valence-corrected chi connectivity index (χ1v) is 3.51. The zero-order valence-corrected chi connectivity index (χ0v) is 6.48. The van der Waals surface area contributed by atoms with E-state index in [4.69, 9.17) is 0 Å². The van der Waals surface area contributed by atoms with E-state index in [0.717, 1.165) is 0 Å². The Bertz CT molecular complexity index is 505. The van der Waals surface area contributed by atoms with Crippen LogP contribution in [-0.2, 0) is 4.79 Å². The maximum atomic E-state index is 10.0. The fraction of sp³-hybridized carbons (Fsp3) is 0. The quantitative estimate of drug-likeness (QED) is 0.445. The molecule has 0 fully saturated rings. The van der Waals surface area contributed by atoms with E-state index < -0.39 is 0 Å². The zero-order valence-electron chi connectivity index (χ0n) is 6.48. The van der Waals surface area contributed by atoms with E-state index in [2.05, 4.69) is 31.8 Å². The first kappa shape index (κ1) is 7.43. The SMILES string of the molecule is O=CC#Cc1ncnc2nc[nH]c12. The molecule has 62 valence electrons. The van der Waals surface area contributed by atoms with Crippen LogP contribution in [0.15, 0.2) is 12.7 Å². The molecule has 0 radical (unpaired) electrons. The largest absolute Gasteiger partial charge is 0.341 e. The van der Waals surface area contributed by atoms with Gasteiger partial charge in [0.15, 0.2) is 11.9 Å². The number of aldehydes is 1. The van der Waals surface area contributed by atoms with Gasteiger partial charge in [-0.2, -0.15) is 0 Å². The van der Waals surface area contributed by atoms with Crippen LogP contribution in [0.25, 0.3) is 11.2 Å². The highest BCUT2D eigenvalue weighted by molar-refractivity contribution is 5.79. The number of fused-ring (bicyclic) bond motifs is 1. The van der Waals surface area contributed by atoms with E-state index in [-0.39, 0.29) is 0 Å². The van der Waals surface area contributed by atoms with Crippen molar-refractivity contribution >= 4 is 17.5 Å². The smallest absolute Gasteiger partial charge is 0.193 e. The predicted molar refractivity (Wildman–Crippen MR) is 44.6 cm³/mol. The summed E-state index contributed by atoms with van der Waals surface area (Å²) in [6.45, 7) is 0. The van der Waals surface area contributed by atoms with Crippen LogP contribution in [0.2, 0.25) is 0 Å². The second-order valence-corrected chi connectivity index (χ2v) is 2.21. The molecule has 0 spiro atoms. The average molecular weight is 172 g/mol. The number of carbonyl (C=O) groups excluding carboxylic acids is 1. The highest BCUT2D eigenvalue weighted by Crippen LogP contribution is 2.06. The Hall–Kier alpha value is -2.22. The van der Waals surface area contributed by atoms with Gasteiger partial charge in [-0.25, -0.2) is 15.0 Å². The van der Waals surface area contributed by atoms with Crippen molar-refractivity contribution in [1.82, 2.24) is 19.9 Å². The molecule has 0 saturated heterocycles. The number of rotatable bonds is 0. The van der Waals surface area contributed by atoms with E-state index in [0.29, 0.717) is 23.1 Å². The molecule has 0 amide bonds. The van der Waals surface area contributed by atoms with E-state index in [9.17, 15) is 4.79 Å². The van der Waals surface area contributed by atoms with Gasteiger partial charge >= 0.3 is 0 Å². The van der Waals surface area contributed by atoms with E-state index in [1.165, 1.54) is 12.7 Å². The molecule has 5 nitrogen and oxygen atoms in total. The first-order valence-electron chi connectivity index (χ1n) is 3.51. The van der Waals surface area contributed by atoms with Crippen molar-refractivity contribution in [3.63, 3.8) is 0 Å². The lowest BCUT2D eigenvalue weighted by Crippen LogP contribution is -1.87. The standard InChI is InChI=1S/C8H4N4O/c13-3-1-2-6-7-8(11-4-9-6)12-5-10-7/h3-5H,(H,9,10,11,12). The van der Waals surface area contributed by atoms with Gasteiger partial charge in [0.05, 0.1) is 6.33 Å². The van der Waals surface area contributed by atoms with Crippen LogP contribution >= 0.6 is 0 Å². The van der Waals surface area contributed by atoms with Crippen molar-refractivity contribution in [2.75, 3.05) is 0 Å². The third kappa shape index (κ3) is 1.25. The summed E-state index contributed by atoms with van der Waals surface area (Å²) >= 11 is 0. The van der Waals surface area contributed by atoms with Gasteiger partial charge in [-0.1, -0.05) is 0 Å². The van der Waals surface area contributed by atoms with Crippen molar-refractivity contribution in [3.05, 3.63) is 18.3 Å². The lowest BCUT2D eigenvalue weighted by molar-refractivity contribution is -0.103. The molecular formula is C8H4N4O. The summed E-state index contributed by atoms with van der Waals surface area (Å²) in [7, 11) is 0. The fourth-order valence-corrected chi connectivity index (χ4v) is 0.958. The number of hydrogen-bond donors (Lipinski definition) is 1. The molecule has 0 aliphatic rings. The van der Waals surface area contributed by atoms with Crippen LogP contribution in [0.3, 0.4) is 0 Å². The van der Waals surface area contributed by atoms with Crippen LogP contribution in [0, 0.1) is 11.8 Å². The summed E-state index contributed by atoms with van der Waals surface area (Å²) in [5, 5.41) is 0. The van der Waals surface area contributed by atoms with Crippen LogP contribution in [0.1, 0.15) is 5.69 Å². The van der Waals surface area contributed by atoms with Gasteiger partial charge in [-0.05, 0) is 11.8 Å². The number of nitrogens with one attached hydrogen (secondary N) is 1. The van der Waals surface area contributed by atoms with Gasteiger partial charge in [-0.3, -0.25) is 4.79 Å². The van der Waals surface area contributed by atoms with Crippen LogP contribution < -0.4 is 0 Å². The van der Waals surface area contributed by atoms with Crippen molar-refractivity contribution < 1.29 is 4.79 Å². The third-order valence-corrected chi connectivity index (χ3v) is 1.47. The second kappa shape index (κ2) is 3.03. The van der Waals surface area contributed by atoms with Crippen LogP contribution in [-0.4, -0.2) is 26.2 Å². The van der Waals surface area contributed by atoms with Crippen molar-refractivity contribution in [2.45, 2.75) is 0 Å². The van der Waals surface area contributed by atoms with Gasteiger partial charge in [0.25, 0.3) is 0 Å². The molecule has 0 saturated carbocycles. The minimum atomic E-state index is 0.481. The monoisotopic (exact) mass is 172 g/mol. The Kier molecular flexibility index (Phi) is 1.73. The maximum Gasteiger partial charge on any atom is 0.193 e. The summed E-state index contributed by atoms with van der Waals surface area (Å²) in [6, 6.07) is 0. The zero-order chi connectivity index (χ0) is 9.10. The number of aromatic nitrogens is 4. The average Bonchev–Trinajstić information content (AvgIpc) is 2.62. The number of aromatic amines is 1. The number of hydrogen-bond acceptors (Lipinski definition) is 4. The molecular weight excluding hydrogens is 168 g/mol. The lowest BCUT2D eigenvalue weighted by Gasteiger charge is -1.88. The van der Waals surface area contributed by atoms with Crippen LogP contribution in [0.5, 0.6) is 0 Å². The highest BCUT2D eigenvalue weighted by atomic mass is 16.1. The molecule has 2 rings (SSSR count).